The number of aryl methyl sites for hydroxylation is 1. The van der Waals surface area contributed by atoms with E-state index in [9.17, 15) is 18.8 Å². The van der Waals surface area contributed by atoms with E-state index in [2.05, 4.69) is 4.98 Å². The van der Waals surface area contributed by atoms with E-state index in [4.69, 9.17) is 4.74 Å². The fourth-order valence-corrected chi connectivity index (χ4v) is 4.33. The molecule has 1 aromatic heterocycles. The molecular weight excluding hydrogens is 399 g/mol. The van der Waals surface area contributed by atoms with Gasteiger partial charge in [0, 0.05) is 22.9 Å². The number of ether oxygens (including phenoxy) is 1. The number of esters is 1. The van der Waals surface area contributed by atoms with Crippen LogP contribution in [0.1, 0.15) is 81.5 Å². The van der Waals surface area contributed by atoms with Crippen LogP contribution in [0.5, 0.6) is 0 Å². The molecule has 1 aliphatic carbocycles. The monoisotopic (exact) mass is 428 g/mol. The highest BCUT2D eigenvalue weighted by atomic mass is 19.1. The molecule has 0 aliphatic heterocycles. The van der Waals surface area contributed by atoms with E-state index in [0.29, 0.717) is 22.4 Å². The van der Waals surface area contributed by atoms with Crippen LogP contribution in [0, 0.1) is 19.7 Å². The van der Waals surface area contributed by atoms with Gasteiger partial charge in [0.1, 0.15) is 11.5 Å². The second-order valence-electron chi connectivity index (χ2n) is 8.00. The first-order chi connectivity index (χ1) is 14.8. The molecule has 1 aliphatic rings. The van der Waals surface area contributed by atoms with Gasteiger partial charge < -0.3 is 14.6 Å². The lowest BCUT2D eigenvalue weighted by atomic mass is 9.93. The fraction of sp³-hybridized carbons (Fsp3) is 0.458. The molecule has 1 heterocycles. The zero-order valence-electron chi connectivity index (χ0n) is 18.3. The number of rotatable bonds is 7. The standard InChI is InChI=1S/C24H29FN2O4/c1-4-31-24(30)22-15(2)21(16(3)26-22)20(28)14-27(19-8-6-5-7-9-19)23(29)17-10-12-18(25)13-11-17/h10-13,19,26H,4-9,14H2,1-3H3. The summed E-state index contributed by atoms with van der Waals surface area (Å²) in [5.74, 6) is -1.44. The van der Waals surface area contributed by atoms with Crippen molar-refractivity contribution < 1.29 is 23.5 Å². The van der Waals surface area contributed by atoms with Crippen molar-refractivity contribution in [3.05, 3.63) is 58.2 Å². The van der Waals surface area contributed by atoms with Crippen LogP contribution in [-0.2, 0) is 4.74 Å². The smallest absolute Gasteiger partial charge is 0.355 e. The third-order valence-electron chi connectivity index (χ3n) is 5.88. The molecule has 0 bridgehead atoms. The minimum absolute atomic E-state index is 0.0423. The van der Waals surface area contributed by atoms with Crippen LogP contribution in [0.4, 0.5) is 4.39 Å². The molecule has 0 saturated heterocycles. The number of ketones is 1. The van der Waals surface area contributed by atoms with Gasteiger partial charge in [-0.3, -0.25) is 9.59 Å². The van der Waals surface area contributed by atoms with E-state index < -0.39 is 11.8 Å². The molecule has 1 aromatic carbocycles. The second kappa shape index (κ2) is 9.90. The topological polar surface area (TPSA) is 79.5 Å². The average molecular weight is 429 g/mol. The van der Waals surface area contributed by atoms with E-state index in [1.165, 1.54) is 24.3 Å². The summed E-state index contributed by atoms with van der Waals surface area (Å²) >= 11 is 0. The van der Waals surface area contributed by atoms with Crippen molar-refractivity contribution >= 4 is 17.7 Å². The molecule has 166 valence electrons. The molecular formula is C24H29FN2O4. The Hall–Kier alpha value is -2.96. The van der Waals surface area contributed by atoms with Gasteiger partial charge in [-0.05, 0) is 63.4 Å². The molecule has 7 heteroatoms. The molecule has 3 rings (SSSR count). The van der Waals surface area contributed by atoms with Crippen molar-refractivity contribution in [2.75, 3.05) is 13.2 Å². The molecule has 0 radical (unpaired) electrons. The van der Waals surface area contributed by atoms with Crippen LogP contribution in [-0.4, -0.2) is 46.7 Å². The maximum atomic E-state index is 13.3. The average Bonchev–Trinajstić information content (AvgIpc) is 3.07. The summed E-state index contributed by atoms with van der Waals surface area (Å²) in [5.41, 5.74) is 2.13. The highest BCUT2D eigenvalue weighted by Crippen LogP contribution is 2.26. The molecule has 31 heavy (non-hydrogen) atoms. The highest BCUT2D eigenvalue weighted by molar-refractivity contribution is 6.05. The first kappa shape index (κ1) is 22.7. The third-order valence-corrected chi connectivity index (χ3v) is 5.88. The number of nitrogens with one attached hydrogen (secondary N) is 1. The van der Waals surface area contributed by atoms with Crippen molar-refractivity contribution in [2.24, 2.45) is 0 Å². The Bertz CT molecular complexity index is 959. The number of benzene rings is 1. The minimum atomic E-state index is -0.506. The normalized spacial score (nSPS) is 14.3. The van der Waals surface area contributed by atoms with E-state index in [-0.39, 0.29) is 36.6 Å². The number of carbonyl (C=O) groups is 3. The van der Waals surface area contributed by atoms with Crippen LogP contribution < -0.4 is 0 Å². The van der Waals surface area contributed by atoms with Crippen molar-refractivity contribution in [1.29, 1.82) is 0 Å². The first-order valence-corrected chi connectivity index (χ1v) is 10.8. The molecule has 0 unspecified atom stereocenters. The van der Waals surface area contributed by atoms with E-state index in [1.807, 2.05) is 0 Å². The van der Waals surface area contributed by atoms with Crippen molar-refractivity contribution in [1.82, 2.24) is 9.88 Å². The quantitative estimate of drug-likeness (QED) is 0.516. The number of halogens is 1. The van der Waals surface area contributed by atoms with Gasteiger partial charge in [0.05, 0.1) is 13.2 Å². The van der Waals surface area contributed by atoms with Crippen LogP contribution >= 0.6 is 0 Å². The number of nitrogens with zero attached hydrogens (tertiary/aromatic N) is 1. The van der Waals surface area contributed by atoms with Gasteiger partial charge >= 0.3 is 5.97 Å². The Morgan fingerprint density at radius 2 is 1.74 bits per heavy atom. The lowest BCUT2D eigenvalue weighted by molar-refractivity contribution is 0.0518. The molecule has 2 aromatic rings. The summed E-state index contributed by atoms with van der Waals surface area (Å²) < 4.78 is 18.4. The van der Waals surface area contributed by atoms with E-state index in [1.54, 1.807) is 25.7 Å². The number of hydrogen-bond acceptors (Lipinski definition) is 4. The Morgan fingerprint density at radius 3 is 2.35 bits per heavy atom. The van der Waals surface area contributed by atoms with Crippen molar-refractivity contribution in [3.63, 3.8) is 0 Å². The summed E-state index contributed by atoms with van der Waals surface area (Å²) in [6, 6.07) is 5.35. The van der Waals surface area contributed by atoms with Gasteiger partial charge in [0.15, 0.2) is 5.78 Å². The molecule has 1 saturated carbocycles. The van der Waals surface area contributed by atoms with Gasteiger partial charge in [-0.25, -0.2) is 9.18 Å². The largest absolute Gasteiger partial charge is 0.461 e. The number of Topliss-reactive ketones (excluding diaryl/α,β-unsaturated/α-hetero) is 1. The number of aromatic nitrogens is 1. The fourth-order valence-electron chi connectivity index (χ4n) is 4.33. The molecule has 1 N–H and O–H groups in total. The zero-order chi connectivity index (χ0) is 22.5. The number of hydrogen-bond donors (Lipinski definition) is 1. The highest BCUT2D eigenvalue weighted by Gasteiger charge is 2.30. The first-order valence-electron chi connectivity index (χ1n) is 10.8. The molecule has 1 fully saturated rings. The van der Waals surface area contributed by atoms with Crippen LogP contribution in [0.2, 0.25) is 0 Å². The van der Waals surface area contributed by atoms with Crippen LogP contribution in [0.25, 0.3) is 0 Å². The van der Waals surface area contributed by atoms with Gasteiger partial charge in [-0.2, -0.15) is 0 Å². The maximum Gasteiger partial charge on any atom is 0.355 e. The number of amides is 1. The Balaban J connectivity index is 1.89. The molecule has 1 amide bonds. The predicted molar refractivity (Wildman–Crippen MR) is 115 cm³/mol. The van der Waals surface area contributed by atoms with Crippen LogP contribution in [0.3, 0.4) is 0 Å². The van der Waals surface area contributed by atoms with Crippen molar-refractivity contribution in [3.8, 4) is 0 Å². The van der Waals surface area contributed by atoms with Gasteiger partial charge in [-0.1, -0.05) is 19.3 Å². The Morgan fingerprint density at radius 1 is 1.10 bits per heavy atom. The summed E-state index contributed by atoms with van der Waals surface area (Å²) in [4.78, 5) is 43.3. The van der Waals surface area contributed by atoms with Gasteiger partial charge in [-0.15, -0.1) is 0 Å². The SMILES string of the molecule is CCOC(=O)c1[nH]c(C)c(C(=O)CN(C(=O)c2ccc(F)cc2)C2CCCCC2)c1C. The van der Waals surface area contributed by atoms with E-state index >= 15 is 0 Å². The zero-order valence-corrected chi connectivity index (χ0v) is 18.3. The molecule has 0 spiro atoms. The minimum Gasteiger partial charge on any atom is -0.461 e. The van der Waals surface area contributed by atoms with Crippen molar-refractivity contribution in [2.45, 2.75) is 58.9 Å². The predicted octanol–water partition coefficient (Wildman–Crippen LogP) is 4.61. The van der Waals surface area contributed by atoms with Gasteiger partial charge in [0.2, 0.25) is 0 Å². The Labute approximate surface area is 181 Å². The summed E-state index contributed by atoms with van der Waals surface area (Å²) in [7, 11) is 0. The van der Waals surface area contributed by atoms with Crippen LogP contribution in [0.15, 0.2) is 24.3 Å². The lowest BCUT2D eigenvalue weighted by Gasteiger charge is -2.34. The number of carbonyl (C=O) groups excluding carboxylic acids is 3. The number of H-pyrrole nitrogens is 1. The second-order valence-corrected chi connectivity index (χ2v) is 8.00. The van der Waals surface area contributed by atoms with Gasteiger partial charge in [0.25, 0.3) is 5.91 Å². The lowest BCUT2D eigenvalue weighted by Crippen LogP contribution is -2.44. The summed E-state index contributed by atoms with van der Waals surface area (Å²) in [6.45, 7) is 5.30. The molecule has 0 atom stereocenters. The number of aromatic amines is 1. The maximum absolute atomic E-state index is 13.3. The van der Waals surface area contributed by atoms with E-state index in [0.717, 1.165) is 32.1 Å². The third kappa shape index (κ3) is 5.03. The molecule has 6 nitrogen and oxygen atoms in total. The Kier molecular flexibility index (Phi) is 7.25. The summed E-state index contributed by atoms with van der Waals surface area (Å²) in [5, 5.41) is 0. The summed E-state index contributed by atoms with van der Waals surface area (Å²) in [6.07, 6.45) is 4.78.